The normalized spacial score (nSPS) is 12.1. The Kier molecular flexibility index (Phi) is 45.0. The quantitative estimate of drug-likeness (QED) is 0.0502. The highest BCUT2D eigenvalue weighted by Crippen LogP contribution is 2.17. The van der Waals surface area contributed by atoms with Crippen LogP contribution < -0.4 is 0 Å². The number of hydrogen-bond acceptors (Lipinski definition) is 4. The van der Waals surface area contributed by atoms with Crippen LogP contribution in [0.5, 0.6) is 0 Å². The van der Waals surface area contributed by atoms with Gasteiger partial charge in [-0.25, -0.2) is 0 Å². The molecule has 0 bridgehead atoms. The van der Waals surface area contributed by atoms with Crippen molar-refractivity contribution in [2.75, 3.05) is 19.8 Å². The molecule has 0 fully saturated rings. The average molecular weight is 723 g/mol. The Labute approximate surface area is 321 Å². The van der Waals surface area contributed by atoms with Crippen LogP contribution in [0.1, 0.15) is 271 Å². The fraction of sp³-hybridized carbons (Fsp3) is 0.979. The highest BCUT2D eigenvalue weighted by Gasteiger charge is 2.13. The van der Waals surface area contributed by atoms with Gasteiger partial charge in [0.05, 0.1) is 13.2 Å². The molecule has 0 aliphatic carbocycles. The molecular weight excluding hydrogens is 629 g/mol. The minimum absolute atomic E-state index is 0.163. The van der Waals surface area contributed by atoms with Gasteiger partial charge < -0.3 is 14.6 Å². The van der Waals surface area contributed by atoms with Gasteiger partial charge in [-0.15, -0.1) is 0 Å². The molecule has 0 aromatic heterocycles. The molecule has 0 spiro atoms. The number of carbonyl (C=O) groups excluding carboxylic acids is 1. The molecule has 1 atom stereocenters. The van der Waals surface area contributed by atoms with Crippen LogP contribution >= 0.6 is 0 Å². The number of carbonyl (C=O) groups is 1. The molecule has 1 N–H and O–H groups in total. The van der Waals surface area contributed by atoms with Gasteiger partial charge in [0.25, 0.3) is 0 Å². The minimum Gasteiger partial charge on any atom is -0.457 e. The summed E-state index contributed by atoms with van der Waals surface area (Å²) < 4.78 is 11.2. The first-order chi connectivity index (χ1) is 25.2. The standard InChI is InChI=1S/C47H94O4/c1-3-5-7-9-11-13-15-17-19-21-23-24-26-28-30-32-34-36-38-40-42-47(49)51-46(44-48)45-50-43-41-39-37-35-33-31-29-27-25-22-20-18-16-14-12-10-8-6-4-2/h46,48H,3-45H2,1-2H3. The summed E-state index contributed by atoms with van der Waals surface area (Å²) >= 11 is 0. The molecule has 0 aromatic carbocycles. The maximum Gasteiger partial charge on any atom is 0.306 e. The summed E-state index contributed by atoms with van der Waals surface area (Å²) in [5.74, 6) is -0.191. The second-order valence-electron chi connectivity index (χ2n) is 16.2. The Morgan fingerprint density at radius 3 is 0.922 bits per heavy atom. The van der Waals surface area contributed by atoms with Gasteiger partial charge in [0, 0.05) is 13.0 Å². The summed E-state index contributed by atoms with van der Waals surface area (Å²) in [7, 11) is 0. The molecule has 0 aliphatic heterocycles. The lowest BCUT2D eigenvalue weighted by molar-refractivity contribution is -0.154. The molecule has 0 aromatic rings. The Balaban J connectivity index is 3.34. The van der Waals surface area contributed by atoms with E-state index in [9.17, 15) is 9.90 Å². The fourth-order valence-electron chi connectivity index (χ4n) is 7.39. The summed E-state index contributed by atoms with van der Waals surface area (Å²) in [6.45, 7) is 5.42. The zero-order valence-electron chi connectivity index (χ0n) is 35.2. The van der Waals surface area contributed by atoms with Crippen molar-refractivity contribution in [3.05, 3.63) is 0 Å². The second kappa shape index (κ2) is 45.5. The van der Waals surface area contributed by atoms with E-state index in [1.807, 2.05) is 0 Å². The summed E-state index contributed by atoms with van der Waals surface area (Å²) in [6.07, 6.45) is 53.2. The van der Waals surface area contributed by atoms with E-state index in [4.69, 9.17) is 9.47 Å². The predicted octanol–water partition coefficient (Wildman–Crippen LogP) is 15.6. The number of unbranched alkanes of at least 4 members (excludes halogenated alkanes) is 37. The largest absolute Gasteiger partial charge is 0.457 e. The van der Waals surface area contributed by atoms with Gasteiger partial charge in [0.1, 0.15) is 6.10 Å². The van der Waals surface area contributed by atoms with Crippen LogP contribution in [0.4, 0.5) is 0 Å². The Hall–Kier alpha value is -0.610. The molecule has 51 heavy (non-hydrogen) atoms. The van der Waals surface area contributed by atoms with E-state index in [0.717, 1.165) is 19.3 Å². The van der Waals surface area contributed by atoms with Gasteiger partial charge in [0.15, 0.2) is 0 Å². The molecule has 0 aliphatic rings. The first kappa shape index (κ1) is 50.4. The maximum absolute atomic E-state index is 12.2. The van der Waals surface area contributed by atoms with Crippen molar-refractivity contribution in [2.24, 2.45) is 0 Å². The number of ether oxygens (including phenoxy) is 2. The number of hydrogen-bond donors (Lipinski definition) is 1. The van der Waals surface area contributed by atoms with Gasteiger partial charge in [-0.1, -0.05) is 251 Å². The molecule has 0 saturated heterocycles. The highest BCUT2D eigenvalue weighted by atomic mass is 16.6. The van der Waals surface area contributed by atoms with Gasteiger partial charge in [0.2, 0.25) is 0 Å². The van der Waals surface area contributed by atoms with Crippen molar-refractivity contribution < 1.29 is 19.4 Å². The van der Waals surface area contributed by atoms with Crippen LogP contribution in [0.3, 0.4) is 0 Å². The molecule has 306 valence electrons. The monoisotopic (exact) mass is 723 g/mol. The van der Waals surface area contributed by atoms with E-state index < -0.39 is 6.10 Å². The third kappa shape index (κ3) is 43.7. The van der Waals surface area contributed by atoms with E-state index in [0.29, 0.717) is 19.6 Å². The molecule has 0 heterocycles. The average Bonchev–Trinajstić information content (AvgIpc) is 3.14. The van der Waals surface area contributed by atoms with E-state index >= 15 is 0 Å². The number of aliphatic hydroxyl groups excluding tert-OH is 1. The van der Waals surface area contributed by atoms with E-state index in [1.54, 1.807) is 0 Å². The summed E-state index contributed by atoms with van der Waals surface area (Å²) in [6, 6.07) is 0. The lowest BCUT2D eigenvalue weighted by atomic mass is 10.0. The van der Waals surface area contributed by atoms with Crippen LogP contribution in [-0.4, -0.2) is 37.0 Å². The SMILES string of the molecule is CCCCCCCCCCCCCCCCCCCCCCC(=O)OC(CO)COCCCCCCCCCCCCCCCCCCCCC. The van der Waals surface area contributed by atoms with Gasteiger partial charge in [-0.3, -0.25) is 4.79 Å². The molecule has 1 unspecified atom stereocenters. The summed E-state index contributed by atoms with van der Waals surface area (Å²) in [4.78, 5) is 12.2. The van der Waals surface area contributed by atoms with Crippen molar-refractivity contribution in [3.63, 3.8) is 0 Å². The van der Waals surface area contributed by atoms with Gasteiger partial charge >= 0.3 is 5.97 Å². The Morgan fingerprint density at radius 1 is 0.392 bits per heavy atom. The molecule has 4 heteroatoms. The van der Waals surface area contributed by atoms with Crippen molar-refractivity contribution in [1.82, 2.24) is 0 Å². The minimum atomic E-state index is -0.525. The van der Waals surface area contributed by atoms with E-state index in [2.05, 4.69) is 13.8 Å². The van der Waals surface area contributed by atoms with Gasteiger partial charge in [-0.05, 0) is 12.8 Å². The number of aliphatic hydroxyl groups is 1. The molecular formula is C47H94O4. The lowest BCUT2D eigenvalue weighted by Gasteiger charge is -2.16. The lowest BCUT2D eigenvalue weighted by Crippen LogP contribution is -2.27. The first-order valence-electron chi connectivity index (χ1n) is 23.6. The van der Waals surface area contributed by atoms with Gasteiger partial charge in [-0.2, -0.15) is 0 Å². The molecule has 0 saturated carbocycles. The highest BCUT2D eigenvalue weighted by molar-refractivity contribution is 5.69. The van der Waals surface area contributed by atoms with Crippen molar-refractivity contribution in [2.45, 2.75) is 277 Å². The fourth-order valence-corrected chi connectivity index (χ4v) is 7.39. The zero-order valence-corrected chi connectivity index (χ0v) is 35.2. The summed E-state index contributed by atoms with van der Waals surface area (Å²) in [5, 5.41) is 9.62. The van der Waals surface area contributed by atoms with E-state index in [1.165, 1.54) is 231 Å². The number of esters is 1. The maximum atomic E-state index is 12.2. The molecule has 0 radical (unpaired) electrons. The Morgan fingerprint density at radius 2 is 0.647 bits per heavy atom. The third-order valence-electron chi connectivity index (χ3n) is 10.9. The van der Waals surface area contributed by atoms with Crippen LogP contribution in [-0.2, 0) is 14.3 Å². The topological polar surface area (TPSA) is 55.8 Å². The second-order valence-corrected chi connectivity index (χ2v) is 16.2. The first-order valence-corrected chi connectivity index (χ1v) is 23.6. The molecule has 4 nitrogen and oxygen atoms in total. The van der Waals surface area contributed by atoms with Crippen LogP contribution in [0.2, 0.25) is 0 Å². The third-order valence-corrected chi connectivity index (χ3v) is 10.9. The molecule has 0 rings (SSSR count). The smallest absolute Gasteiger partial charge is 0.306 e. The van der Waals surface area contributed by atoms with Crippen LogP contribution in [0.25, 0.3) is 0 Å². The molecule has 0 amide bonds. The predicted molar refractivity (Wildman–Crippen MR) is 224 cm³/mol. The van der Waals surface area contributed by atoms with Crippen LogP contribution in [0.15, 0.2) is 0 Å². The van der Waals surface area contributed by atoms with Crippen molar-refractivity contribution in [1.29, 1.82) is 0 Å². The van der Waals surface area contributed by atoms with E-state index in [-0.39, 0.29) is 12.6 Å². The number of rotatable bonds is 45. The Bertz CT molecular complexity index is 638. The van der Waals surface area contributed by atoms with Crippen molar-refractivity contribution in [3.8, 4) is 0 Å². The van der Waals surface area contributed by atoms with Crippen molar-refractivity contribution >= 4 is 5.97 Å². The zero-order chi connectivity index (χ0) is 37.0. The van der Waals surface area contributed by atoms with Crippen LogP contribution in [0, 0.1) is 0 Å². The summed E-state index contributed by atoms with van der Waals surface area (Å²) in [5.41, 5.74) is 0.